The fraction of sp³-hybridized carbons (Fsp3) is 0.714. The molecule has 0 saturated heterocycles. The van der Waals surface area contributed by atoms with Gasteiger partial charge in [0.2, 0.25) is 11.7 Å². The van der Waals surface area contributed by atoms with Gasteiger partial charge in [0.05, 0.1) is 12.2 Å². The van der Waals surface area contributed by atoms with Crippen molar-refractivity contribution in [3.05, 3.63) is 11.5 Å². The van der Waals surface area contributed by atoms with E-state index >= 15 is 0 Å². The number of Topliss-reactive ketones (excluding diaryl/α,β-unsaturated/α-hetero) is 1. The summed E-state index contributed by atoms with van der Waals surface area (Å²) < 4.78 is 10.3. The summed E-state index contributed by atoms with van der Waals surface area (Å²) in [5, 5.41) is 12.6. The number of nitrogens with one attached hydrogen (secondary N) is 1. The van der Waals surface area contributed by atoms with E-state index in [4.69, 9.17) is 9.47 Å². The van der Waals surface area contributed by atoms with Crippen molar-refractivity contribution in [2.45, 2.75) is 57.8 Å². The molecular weight excluding hydrogens is 262 g/mol. The largest absolute Gasteiger partial charge is 0.470 e. The quantitative estimate of drug-likeness (QED) is 0.582. The first-order valence-corrected chi connectivity index (χ1v) is 7.03. The Morgan fingerprint density at radius 2 is 2.00 bits per heavy atom. The van der Waals surface area contributed by atoms with Crippen LogP contribution in [-0.4, -0.2) is 41.7 Å². The molecule has 0 aromatic rings. The molecular formula is C14H21NO5. The lowest BCUT2D eigenvalue weighted by Gasteiger charge is -2.27. The molecule has 1 fully saturated rings. The van der Waals surface area contributed by atoms with Crippen molar-refractivity contribution in [2.75, 3.05) is 6.61 Å². The van der Waals surface area contributed by atoms with E-state index in [1.165, 1.54) is 0 Å². The van der Waals surface area contributed by atoms with Gasteiger partial charge in [0, 0.05) is 6.04 Å². The van der Waals surface area contributed by atoms with E-state index in [2.05, 4.69) is 5.32 Å². The van der Waals surface area contributed by atoms with Crippen LogP contribution in [0.3, 0.4) is 0 Å². The molecule has 2 N–H and O–H groups in total. The first kappa shape index (κ1) is 14.8. The number of aliphatic hydroxyl groups is 1. The van der Waals surface area contributed by atoms with Gasteiger partial charge >= 0.3 is 5.97 Å². The van der Waals surface area contributed by atoms with Crippen LogP contribution in [0.2, 0.25) is 0 Å². The summed E-state index contributed by atoms with van der Waals surface area (Å²) in [6.07, 6.45) is 2.46. The molecule has 2 rings (SSSR count). The minimum atomic E-state index is -0.638. The lowest BCUT2D eigenvalue weighted by molar-refractivity contribution is -0.143. The summed E-state index contributed by atoms with van der Waals surface area (Å²) in [5.74, 6) is -0.767. The van der Waals surface area contributed by atoms with E-state index in [-0.39, 0.29) is 42.1 Å². The van der Waals surface area contributed by atoms with E-state index < -0.39 is 5.97 Å². The molecule has 0 aromatic carbocycles. The SMILES string of the molecule is CC(C)OC(=O)C1=C(N[C@H]2CC[C@H](O)CC2)OCC1=O. The third kappa shape index (κ3) is 3.50. The third-order valence-corrected chi connectivity index (χ3v) is 3.43. The Kier molecular flexibility index (Phi) is 4.65. The van der Waals surface area contributed by atoms with Crippen molar-refractivity contribution in [2.24, 2.45) is 0 Å². The lowest BCUT2D eigenvalue weighted by Crippen LogP contribution is -2.35. The summed E-state index contributed by atoms with van der Waals surface area (Å²) in [7, 11) is 0. The second-order valence-electron chi connectivity index (χ2n) is 5.52. The molecule has 0 amide bonds. The highest BCUT2D eigenvalue weighted by atomic mass is 16.5. The van der Waals surface area contributed by atoms with Crippen molar-refractivity contribution in [3.8, 4) is 0 Å². The highest BCUT2D eigenvalue weighted by molar-refractivity contribution is 6.19. The topological polar surface area (TPSA) is 84.9 Å². The summed E-state index contributed by atoms with van der Waals surface area (Å²) in [4.78, 5) is 23.6. The number of hydrogen-bond donors (Lipinski definition) is 2. The average molecular weight is 283 g/mol. The fourth-order valence-electron chi connectivity index (χ4n) is 2.41. The van der Waals surface area contributed by atoms with E-state index in [9.17, 15) is 14.7 Å². The summed E-state index contributed by atoms with van der Waals surface area (Å²) in [5.41, 5.74) is -0.0233. The number of ether oxygens (including phenoxy) is 2. The number of carbonyl (C=O) groups is 2. The van der Waals surface area contributed by atoms with Crippen LogP contribution in [-0.2, 0) is 19.1 Å². The molecule has 2 aliphatic rings. The first-order chi connectivity index (χ1) is 9.47. The van der Waals surface area contributed by atoms with Crippen molar-refractivity contribution in [3.63, 3.8) is 0 Å². The molecule has 0 radical (unpaired) electrons. The monoisotopic (exact) mass is 283 g/mol. The van der Waals surface area contributed by atoms with E-state index in [0.717, 1.165) is 12.8 Å². The van der Waals surface area contributed by atoms with E-state index in [0.29, 0.717) is 12.8 Å². The van der Waals surface area contributed by atoms with Crippen molar-refractivity contribution < 1.29 is 24.2 Å². The first-order valence-electron chi connectivity index (χ1n) is 7.03. The van der Waals surface area contributed by atoms with Gasteiger partial charge < -0.3 is 19.9 Å². The molecule has 112 valence electrons. The third-order valence-electron chi connectivity index (χ3n) is 3.43. The zero-order chi connectivity index (χ0) is 14.7. The molecule has 6 heteroatoms. The molecule has 0 spiro atoms. The van der Waals surface area contributed by atoms with Gasteiger partial charge in [-0.2, -0.15) is 0 Å². The van der Waals surface area contributed by atoms with Gasteiger partial charge in [0.15, 0.2) is 12.2 Å². The Morgan fingerprint density at radius 3 is 2.60 bits per heavy atom. The van der Waals surface area contributed by atoms with Crippen molar-refractivity contribution in [1.29, 1.82) is 0 Å². The van der Waals surface area contributed by atoms with Gasteiger partial charge in [0.25, 0.3) is 0 Å². The van der Waals surface area contributed by atoms with Gasteiger partial charge in [-0.05, 0) is 39.5 Å². The Labute approximate surface area is 118 Å². The standard InChI is InChI=1S/C14H21NO5/c1-8(2)20-14(18)12-11(17)7-19-13(12)15-9-3-5-10(16)6-4-9/h8-10,15-16H,3-7H2,1-2H3/t9-,10-. The summed E-state index contributed by atoms with van der Waals surface area (Å²) in [6, 6.07) is 0.112. The second-order valence-corrected chi connectivity index (χ2v) is 5.52. The van der Waals surface area contributed by atoms with E-state index in [1.807, 2.05) is 0 Å². The van der Waals surface area contributed by atoms with Crippen LogP contribution in [0.5, 0.6) is 0 Å². The van der Waals surface area contributed by atoms with Crippen LogP contribution in [0.4, 0.5) is 0 Å². The van der Waals surface area contributed by atoms with Crippen LogP contribution in [0.25, 0.3) is 0 Å². The Bertz CT molecular complexity index is 421. The molecule has 1 aliphatic heterocycles. The van der Waals surface area contributed by atoms with Crippen LogP contribution in [0.1, 0.15) is 39.5 Å². The van der Waals surface area contributed by atoms with Gasteiger partial charge in [-0.3, -0.25) is 4.79 Å². The number of aliphatic hydroxyl groups excluding tert-OH is 1. The highest BCUT2D eigenvalue weighted by Gasteiger charge is 2.34. The maximum atomic E-state index is 11.9. The predicted molar refractivity (Wildman–Crippen MR) is 70.6 cm³/mol. The molecule has 6 nitrogen and oxygen atoms in total. The number of hydrogen-bond acceptors (Lipinski definition) is 6. The molecule has 0 aromatic heterocycles. The normalized spacial score (nSPS) is 26.7. The fourth-order valence-corrected chi connectivity index (χ4v) is 2.41. The lowest BCUT2D eigenvalue weighted by atomic mass is 9.93. The number of esters is 1. The Balaban J connectivity index is 2.04. The van der Waals surface area contributed by atoms with Crippen LogP contribution in [0, 0.1) is 0 Å². The summed E-state index contributed by atoms with van der Waals surface area (Å²) >= 11 is 0. The minimum Gasteiger partial charge on any atom is -0.470 e. The van der Waals surface area contributed by atoms with Crippen molar-refractivity contribution in [1.82, 2.24) is 5.32 Å². The second kappa shape index (κ2) is 6.26. The van der Waals surface area contributed by atoms with Gasteiger partial charge in [-0.25, -0.2) is 4.79 Å². The zero-order valence-electron chi connectivity index (χ0n) is 11.8. The molecule has 1 saturated carbocycles. The van der Waals surface area contributed by atoms with Crippen LogP contribution in [0.15, 0.2) is 11.5 Å². The Hall–Kier alpha value is -1.56. The van der Waals surface area contributed by atoms with Crippen LogP contribution < -0.4 is 5.32 Å². The molecule has 20 heavy (non-hydrogen) atoms. The maximum absolute atomic E-state index is 11.9. The number of ketones is 1. The maximum Gasteiger partial charge on any atom is 0.347 e. The van der Waals surface area contributed by atoms with Gasteiger partial charge in [-0.1, -0.05) is 0 Å². The molecule has 0 bridgehead atoms. The minimum absolute atomic E-state index is 0.0233. The van der Waals surface area contributed by atoms with Crippen LogP contribution >= 0.6 is 0 Å². The number of carbonyl (C=O) groups excluding carboxylic acids is 2. The van der Waals surface area contributed by atoms with Gasteiger partial charge in [-0.15, -0.1) is 0 Å². The predicted octanol–water partition coefficient (Wildman–Crippen LogP) is 0.642. The molecule has 1 heterocycles. The number of rotatable bonds is 4. The Morgan fingerprint density at radius 1 is 1.35 bits per heavy atom. The van der Waals surface area contributed by atoms with Crippen molar-refractivity contribution >= 4 is 11.8 Å². The molecule has 0 unspecified atom stereocenters. The van der Waals surface area contributed by atoms with Gasteiger partial charge in [0.1, 0.15) is 0 Å². The summed E-state index contributed by atoms with van der Waals surface area (Å²) in [6.45, 7) is 3.34. The average Bonchev–Trinajstić information content (AvgIpc) is 2.72. The highest BCUT2D eigenvalue weighted by Crippen LogP contribution is 2.22. The molecule has 0 atom stereocenters. The smallest absolute Gasteiger partial charge is 0.347 e. The molecule has 1 aliphatic carbocycles. The van der Waals surface area contributed by atoms with E-state index in [1.54, 1.807) is 13.8 Å². The zero-order valence-corrected chi connectivity index (χ0v) is 11.8.